The van der Waals surface area contributed by atoms with Crippen LogP contribution in [-0.4, -0.2) is 69.7 Å². The lowest BCUT2D eigenvalue weighted by Crippen LogP contribution is -2.45. The van der Waals surface area contributed by atoms with Gasteiger partial charge in [-0.15, -0.1) is 0 Å². The van der Waals surface area contributed by atoms with Crippen LogP contribution >= 0.6 is 11.6 Å². The van der Waals surface area contributed by atoms with Crippen LogP contribution in [-0.2, 0) is 10.0 Å². The predicted molar refractivity (Wildman–Crippen MR) is 118 cm³/mol. The zero-order valence-electron chi connectivity index (χ0n) is 17.0. The molecular formula is C19H32ClN5O2S. The molecule has 2 N–H and O–H groups in total. The van der Waals surface area contributed by atoms with E-state index in [4.69, 9.17) is 11.6 Å². The maximum atomic E-state index is 12.3. The maximum absolute atomic E-state index is 12.3. The summed E-state index contributed by atoms with van der Waals surface area (Å²) in [6.07, 6.45) is 0.981. The number of hydrogen-bond donors (Lipinski definition) is 2. The van der Waals surface area contributed by atoms with Crippen molar-refractivity contribution in [1.29, 1.82) is 0 Å². The molecule has 0 aliphatic carbocycles. The first-order valence-electron chi connectivity index (χ1n) is 9.92. The van der Waals surface area contributed by atoms with Crippen LogP contribution in [0.5, 0.6) is 0 Å². The van der Waals surface area contributed by atoms with Gasteiger partial charge in [0.15, 0.2) is 5.96 Å². The highest BCUT2D eigenvalue weighted by molar-refractivity contribution is 7.89. The molecule has 1 unspecified atom stereocenters. The van der Waals surface area contributed by atoms with Crippen molar-refractivity contribution in [2.24, 2.45) is 4.99 Å². The summed E-state index contributed by atoms with van der Waals surface area (Å²) in [6.45, 7) is 9.42. The quantitative estimate of drug-likeness (QED) is 0.464. The van der Waals surface area contributed by atoms with Crippen molar-refractivity contribution in [3.05, 3.63) is 29.3 Å². The molecule has 0 amide bonds. The van der Waals surface area contributed by atoms with Gasteiger partial charge in [-0.3, -0.25) is 4.99 Å². The Balaban J connectivity index is 1.93. The number of guanidine groups is 1. The van der Waals surface area contributed by atoms with Crippen LogP contribution in [0.1, 0.15) is 27.2 Å². The smallest absolute Gasteiger partial charge is 0.215 e. The van der Waals surface area contributed by atoms with E-state index in [1.54, 1.807) is 0 Å². The second kappa shape index (κ2) is 10.9. The maximum Gasteiger partial charge on any atom is 0.215 e. The molecule has 1 fully saturated rings. The molecule has 9 heteroatoms. The molecule has 0 aromatic heterocycles. The molecule has 1 aromatic rings. The standard InChI is InChI=1S/C19H32ClN5O2S/c1-4-21-19(22-11-13-28(26,27)25(5-2)6-3)23-17-10-12-24(15-17)18-9-7-8-16(20)14-18/h7-9,14,17H,4-6,10-13,15H2,1-3H3,(H2,21,22,23). The zero-order chi connectivity index (χ0) is 20.6. The summed E-state index contributed by atoms with van der Waals surface area (Å²) in [6, 6.07) is 8.11. The highest BCUT2D eigenvalue weighted by Crippen LogP contribution is 2.23. The third-order valence-corrected chi connectivity index (χ3v) is 7.00. The normalized spacial score (nSPS) is 18.0. The molecule has 0 spiro atoms. The first kappa shape index (κ1) is 22.8. The van der Waals surface area contributed by atoms with E-state index in [0.717, 1.165) is 36.8 Å². The summed E-state index contributed by atoms with van der Waals surface area (Å²) in [5.74, 6) is 0.681. The number of halogens is 1. The van der Waals surface area contributed by atoms with E-state index in [-0.39, 0.29) is 18.3 Å². The van der Waals surface area contributed by atoms with Gasteiger partial charge >= 0.3 is 0 Å². The fourth-order valence-electron chi connectivity index (χ4n) is 3.32. The van der Waals surface area contributed by atoms with Gasteiger partial charge in [-0.1, -0.05) is 31.5 Å². The highest BCUT2D eigenvalue weighted by atomic mass is 35.5. The largest absolute Gasteiger partial charge is 0.369 e. The van der Waals surface area contributed by atoms with E-state index < -0.39 is 10.0 Å². The van der Waals surface area contributed by atoms with Crippen molar-refractivity contribution >= 4 is 33.3 Å². The third kappa shape index (κ3) is 6.53. The van der Waals surface area contributed by atoms with Crippen molar-refractivity contribution in [2.75, 3.05) is 49.9 Å². The molecule has 0 radical (unpaired) electrons. The number of hydrogen-bond acceptors (Lipinski definition) is 4. The summed E-state index contributed by atoms with van der Waals surface area (Å²) >= 11 is 6.10. The Kier molecular flexibility index (Phi) is 8.85. The third-order valence-electron chi connectivity index (χ3n) is 4.76. The van der Waals surface area contributed by atoms with Crippen molar-refractivity contribution in [3.63, 3.8) is 0 Å². The van der Waals surface area contributed by atoms with Crippen LogP contribution in [0.3, 0.4) is 0 Å². The van der Waals surface area contributed by atoms with Crippen LogP contribution < -0.4 is 15.5 Å². The van der Waals surface area contributed by atoms with Gasteiger partial charge in [0, 0.05) is 49.5 Å². The first-order chi connectivity index (χ1) is 13.4. The molecule has 2 rings (SSSR count). The van der Waals surface area contributed by atoms with Crippen LogP contribution in [0.25, 0.3) is 0 Å². The molecule has 0 saturated carbocycles. The lowest BCUT2D eigenvalue weighted by atomic mass is 10.3. The van der Waals surface area contributed by atoms with Crippen LogP contribution in [0.4, 0.5) is 5.69 Å². The SMILES string of the molecule is CCNC(=NCCS(=O)(=O)N(CC)CC)NC1CCN(c2cccc(Cl)c2)C1. The van der Waals surface area contributed by atoms with Crippen molar-refractivity contribution in [2.45, 2.75) is 33.2 Å². The molecule has 158 valence electrons. The highest BCUT2D eigenvalue weighted by Gasteiger charge is 2.24. The number of nitrogens with zero attached hydrogens (tertiary/aromatic N) is 3. The lowest BCUT2D eigenvalue weighted by Gasteiger charge is -2.21. The van der Waals surface area contributed by atoms with Gasteiger partial charge in [0.2, 0.25) is 10.0 Å². The van der Waals surface area contributed by atoms with Gasteiger partial charge in [-0.05, 0) is 31.5 Å². The number of anilines is 1. The monoisotopic (exact) mass is 429 g/mol. The van der Waals surface area contributed by atoms with Crippen molar-refractivity contribution in [1.82, 2.24) is 14.9 Å². The second-order valence-electron chi connectivity index (χ2n) is 6.72. The van der Waals surface area contributed by atoms with E-state index in [0.29, 0.717) is 19.0 Å². The Morgan fingerprint density at radius 2 is 2.07 bits per heavy atom. The summed E-state index contributed by atoms with van der Waals surface area (Å²) in [7, 11) is -3.26. The van der Waals surface area contributed by atoms with E-state index in [2.05, 4.69) is 26.6 Å². The number of benzene rings is 1. The average Bonchev–Trinajstić information content (AvgIpc) is 3.11. The van der Waals surface area contributed by atoms with Gasteiger partial charge in [0.05, 0.1) is 12.3 Å². The van der Waals surface area contributed by atoms with Crippen LogP contribution in [0, 0.1) is 0 Å². The van der Waals surface area contributed by atoms with Gasteiger partial charge in [0.1, 0.15) is 0 Å². The Morgan fingerprint density at radius 1 is 1.32 bits per heavy atom. The summed E-state index contributed by atoms with van der Waals surface area (Å²) in [4.78, 5) is 6.76. The Bertz CT molecular complexity index is 752. The Labute approximate surface area is 174 Å². The number of rotatable bonds is 9. The zero-order valence-corrected chi connectivity index (χ0v) is 18.6. The number of nitrogens with one attached hydrogen (secondary N) is 2. The van der Waals surface area contributed by atoms with E-state index in [1.165, 1.54) is 4.31 Å². The Morgan fingerprint density at radius 3 is 2.71 bits per heavy atom. The average molecular weight is 430 g/mol. The predicted octanol–water partition coefficient (Wildman–Crippen LogP) is 2.15. The molecule has 1 aliphatic heterocycles. The van der Waals surface area contributed by atoms with Crippen LogP contribution in [0.2, 0.25) is 5.02 Å². The van der Waals surface area contributed by atoms with E-state index in [9.17, 15) is 8.42 Å². The minimum Gasteiger partial charge on any atom is -0.369 e. The molecule has 1 heterocycles. The van der Waals surface area contributed by atoms with Gasteiger partial charge in [0.25, 0.3) is 0 Å². The molecule has 1 saturated heterocycles. The minimum atomic E-state index is -3.26. The van der Waals surface area contributed by atoms with Gasteiger partial charge in [-0.2, -0.15) is 0 Å². The fraction of sp³-hybridized carbons (Fsp3) is 0.632. The second-order valence-corrected chi connectivity index (χ2v) is 9.24. The first-order valence-corrected chi connectivity index (χ1v) is 11.9. The molecule has 28 heavy (non-hydrogen) atoms. The summed E-state index contributed by atoms with van der Waals surface area (Å²) in [5.41, 5.74) is 1.11. The molecule has 1 aliphatic rings. The molecular weight excluding hydrogens is 398 g/mol. The Hall–Kier alpha value is -1.51. The van der Waals surface area contributed by atoms with Crippen molar-refractivity contribution < 1.29 is 8.42 Å². The van der Waals surface area contributed by atoms with E-state index >= 15 is 0 Å². The molecule has 0 bridgehead atoms. The van der Waals surface area contributed by atoms with Gasteiger partial charge < -0.3 is 15.5 Å². The molecule has 1 aromatic carbocycles. The number of aliphatic imine (C=N–C) groups is 1. The summed E-state index contributed by atoms with van der Waals surface area (Å²) in [5, 5.41) is 7.37. The lowest BCUT2D eigenvalue weighted by molar-refractivity contribution is 0.445. The molecule has 7 nitrogen and oxygen atoms in total. The topological polar surface area (TPSA) is 77.0 Å². The van der Waals surface area contributed by atoms with E-state index in [1.807, 2.05) is 39.0 Å². The summed E-state index contributed by atoms with van der Waals surface area (Å²) < 4.78 is 26.1. The van der Waals surface area contributed by atoms with Crippen LogP contribution in [0.15, 0.2) is 29.3 Å². The number of sulfonamides is 1. The van der Waals surface area contributed by atoms with Crippen molar-refractivity contribution in [3.8, 4) is 0 Å². The minimum absolute atomic E-state index is 0.0184. The van der Waals surface area contributed by atoms with Gasteiger partial charge in [-0.25, -0.2) is 12.7 Å². The fourth-order valence-corrected chi connectivity index (χ4v) is 4.87. The molecule has 1 atom stereocenters.